The first-order valence-corrected chi connectivity index (χ1v) is 7.21. The molecule has 0 saturated carbocycles. The number of rotatable bonds is 1. The van der Waals surface area contributed by atoms with Crippen LogP contribution in [-0.4, -0.2) is 16.5 Å². The second-order valence-corrected chi connectivity index (χ2v) is 5.53. The van der Waals surface area contributed by atoms with Gasteiger partial charge in [0.05, 0.1) is 11.0 Å². The first-order valence-electron chi connectivity index (χ1n) is 7.21. The van der Waals surface area contributed by atoms with Gasteiger partial charge in [-0.05, 0) is 38.4 Å². The Balaban J connectivity index is 2.04. The average molecular weight is 263 g/mol. The molecular weight excluding hydrogens is 246 g/mol. The molecular formula is C17H17N3. The Morgan fingerprint density at radius 3 is 3.00 bits per heavy atom. The van der Waals surface area contributed by atoms with Crippen LogP contribution in [0.4, 0.5) is 0 Å². The van der Waals surface area contributed by atoms with Crippen LogP contribution >= 0.6 is 0 Å². The maximum Gasteiger partial charge on any atom is 0.0791 e. The quantitative estimate of drug-likeness (QED) is 0.683. The molecule has 100 valence electrons. The van der Waals surface area contributed by atoms with E-state index >= 15 is 0 Å². The third-order valence-electron chi connectivity index (χ3n) is 4.22. The number of nitrogens with one attached hydrogen (secondary N) is 1. The largest absolute Gasteiger partial charge is 0.310 e. The molecule has 1 N–H and O–H groups in total. The van der Waals surface area contributed by atoms with Crippen molar-refractivity contribution in [1.29, 1.82) is 0 Å². The normalized spacial score (nSPS) is 18.9. The van der Waals surface area contributed by atoms with E-state index in [4.69, 9.17) is 4.98 Å². The Bertz CT molecular complexity index is 789. The third-order valence-corrected chi connectivity index (χ3v) is 4.22. The Labute approximate surface area is 118 Å². The fourth-order valence-electron chi connectivity index (χ4n) is 3.11. The Morgan fingerprint density at radius 2 is 2.15 bits per heavy atom. The van der Waals surface area contributed by atoms with E-state index in [-0.39, 0.29) is 0 Å². The number of benzene rings is 1. The van der Waals surface area contributed by atoms with Gasteiger partial charge in [0.15, 0.2) is 0 Å². The molecule has 1 fully saturated rings. The molecule has 1 atom stereocenters. The maximum absolute atomic E-state index is 4.90. The maximum atomic E-state index is 4.90. The third kappa shape index (κ3) is 1.78. The minimum absolute atomic E-state index is 0.402. The number of fused-ring (bicyclic) bond motifs is 2. The highest BCUT2D eigenvalue weighted by molar-refractivity contribution is 5.95. The summed E-state index contributed by atoms with van der Waals surface area (Å²) >= 11 is 0. The smallest absolute Gasteiger partial charge is 0.0791 e. The molecule has 0 spiro atoms. The van der Waals surface area contributed by atoms with Crippen LogP contribution in [0.2, 0.25) is 0 Å². The summed E-state index contributed by atoms with van der Waals surface area (Å²) in [5, 5.41) is 5.91. The number of hydrogen-bond acceptors (Lipinski definition) is 3. The summed E-state index contributed by atoms with van der Waals surface area (Å²) in [6.07, 6.45) is 4.41. The Morgan fingerprint density at radius 1 is 1.25 bits per heavy atom. The summed E-state index contributed by atoms with van der Waals surface area (Å²) in [7, 11) is 0. The van der Waals surface area contributed by atoms with Gasteiger partial charge in [-0.15, -0.1) is 0 Å². The molecule has 1 saturated heterocycles. The van der Waals surface area contributed by atoms with Gasteiger partial charge in [-0.1, -0.05) is 18.2 Å². The SMILES string of the molecule is Cc1ncc([C@@H]2CCCN2)c2nc3ccccc3cc12. The number of hydrogen-bond donors (Lipinski definition) is 1. The molecule has 1 aromatic carbocycles. The summed E-state index contributed by atoms with van der Waals surface area (Å²) in [5.74, 6) is 0. The molecule has 0 amide bonds. The standard InChI is InChI=1S/C17H17N3/c1-11-13-9-12-5-2-3-6-15(12)20-17(13)14(10-19-11)16-7-4-8-18-16/h2-3,5-6,9-10,16,18H,4,7-8H2,1H3/t16-/m0/s1. The fourth-order valence-corrected chi connectivity index (χ4v) is 3.11. The van der Waals surface area contributed by atoms with Gasteiger partial charge in [0.2, 0.25) is 0 Å². The number of pyridine rings is 2. The van der Waals surface area contributed by atoms with Gasteiger partial charge in [-0.3, -0.25) is 4.98 Å². The molecule has 3 heteroatoms. The van der Waals surface area contributed by atoms with E-state index in [9.17, 15) is 0 Å². The second-order valence-electron chi connectivity index (χ2n) is 5.53. The zero-order chi connectivity index (χ0) is 13.5. The Kier molecular flexibility index (Phi) is 2.67. The van der Waals surface area contributed by atoms with E-state index in [1.54, 1.807) is 0 Å². The molecule has 0 bridgehead atoms. The minimum atomic E-state index is 0.402. The summed E-state index contributed by atoms with van der Waals surface area (Å²) in [6, 6.07) is 10.9. The van der Waals surface area contributed by atoms with Crippen LogP contribution in [0.5, 0.6) is 0 Å². The van der Waals surface area contributed by atoms with E-state index in [1.807, 2.05) is 12.3 Å². The molecule has 3 heterocycles. The topological polar surface area (TPSA) is 37.8 Å². The molecule has 3 aromatic rings. The van der Waals surface area contributed by atoms with Crippen LogP contribution < -0.4 is 5.32 Å². The Hall–Kier alpha value is -2.00. The van der Waals surface area contributed by atoms with E-state index in [1.165, 1.54) is 29.2 Å². The summed E-state index contributed by atoms with van der Waals surface area (Å²) in [6.45, 7) is 3.15. The van der Waals surface area contributed by atoms with Crippen LogP contribution in [-0.2, 0) is 0 Å². The zero-order valence-electron chi connectivity index (χ0n) is 11.6. The first kappa shape index (κ1) is 11.8. The molecule has 0 unspecified atom stereocenters. The molecule has 20 heavy (non-hydrogen) atoms. The van der Waals surface area contributed by atoms with Crippen molar-refractivity contribution >= 4 is 21.8 Å². The molecule has 0 radical (unpaired) electrons. The van der Waals surface area contributed by atoms with Crippen molar-refractivity contribution in [2.24, 2.45) is 0 Å². The first-order chi connectivity index (χ1) is 9.83. The predicted octanol–water partition coefficient (Wildman–Crippen LogP) is 3.52. The van der Waals surface area contributed by atoms with Crippen molar-refractivity contribution < 1.29 is 0 Å². The van der Waals surface area contributed by atoms with Gasteiger partial charge < -0.3 is 5.32 Å². The van der Waals surface area contributed by atoms with Crippen molar-refractivity contribution in [1.82, 2.24) is 15.3 Å². The summed E-state index contributed by atoms with van der Waals surface area (Å²) in [4.78, 5) is 9.48. The summed E-state index contributed by atoms with van der Waals surface area (Å²) < 4.78 is 0. The molecule has 0 aliphatic carbocycles. The van der Waals surface area contributed by atoms with E-state index in [0.717, 1.165) is 23.3 Å². The number of aromatic nitrogens is 2. The van der Waals surface area contributed by atoms with Crippen LogP contribution in [0.25, 0.3) is 21.8 Å². The number of nitrogens with zero attached hydrogens (tertiary/aromatic N) is 2. The van der Waals surface area contributed by atoms with Gasteiger partial charge in [0, 0.05) is 34.3 Å². The lowest BCUT2D eigenvalue weighted by Crippen LogP contribution is -2.14. The lowest BCUT2D eigenvalue weighted by atomic mass is 10.0. The molecule has 1 aliphatic heterocycles. The van der Waals surface area contributed by atoms with Crippen molar-refractivity contribution in [3.05, 3.63) is 47.8 Å². The highest BCUT2D eigenvalue weighted by atomic mass is 14.9. The van der Waals surface area contributed by atoms with Gasteiger partial charge in [-0.2, -0.15) is 0 Å². The van der Waals surface area contributed by atoms with Crippen molar-refractivity contribution in [3.8, 4) is 0 Å². The van der Waals surface area contributed by atoms with Gasteiger partial charge in [0.25, 0.3) is 0 Å². The van der Waals surface area contributed by atoms with E-state index in [0.29, 0.717) is 6.04 Å². The lowest BCUT2D eigenvalue weighted by Gasteiger charge is -2.14. The highest BCUT2D eigenvalue weighted by Crippen LogP contribution is 2.30. The molecule has 2 aromatic heterocycles. The molecule has 3 nitrogen and oxygen atoms in total. The van der Waals surface area contributed by atoms with Crippen LogP contribution in [0, 0.1) is 6.92 Å². The molecule has 4 rings (SSSR count). The second kappa shape index (κ2) is 4.53. The number of aryl methyl sites for hydroxylation is 1. The van der Waals surface area contributed by atoms with Gasteiger partial charge >= 0.3 is 0 Å². The van der Waals surface area contributed by atoms with Gasteiger partial charge in [0.1, 0.15) is 0 Å². The lowest BCUT2D eigenvalue weighted by molar-refractivity contribution is 0.649. The predicted molar refractivity (Wildman–Crippen MR) is 81.8 cm³/mol. The number of para-hydroxylation sites is 1. The van der Waals surface area contributed by atoms with E-state index < -0.39 is 0 Å². The van der Waals surface area contributed by atoms with Gasteiger partial charge in [-0.25, -0.2) is 4.98 Å². The molecule has 1 aliphatic rings. The minimum Gasteiger partial charge on any atom is -0.310 e. The highest BCUT2D eigenvalue weighted by Gasteiger charge is 2.20. The van der Waals surface area contributed by atoms with Crippen molar-refractivity contribution in [3.63, 3.8) is 0 Å². The summed E-state index contributed by atoms with van der Waals surface area (Å²) in [5.41, 5.74) is 4.47. The van der Waals surface area contributed by atoms with Crippen LogP contribution in [0.3, 0.4) is 0 Å². The van der Waals surface area contributed by atoms with Crippen molar-refractivity contribution in [2.75, 3.05) is 6.54 Å². The average Bonchev–Trinajstić information content (AvgIpc) is 3.00. The monoisotopic (exact) mass is 263 g/mol. The zero-order valence-corrected chi connectivity index (χ0v) is 11.6. The van der Waals surface area contributed by atoms with Crippen molar-refractivity contribution in [2.45, 2.75) is 25.8 Å². The van der Waals surface area contributed by atoms with Crippen LogP contribution in [0.15, 0.2) is 36.5 Å². The van der Waals surface area contributed by atoms with Crippen LogP contribution in [0.1, 0.15) is 30.1 Å². The van der Waals surface area contributed by atoms with E-state index in [2.05, 4.69) is 41.5 Å². The fraction of sp³-hybridized carbons (Fsp3) is 0.294.